The number of fused-ring (bicyclic) bond motifs is 8. The molecule has 4 heteroatoms. The Bertz CT molecular complexity index is 3990. The molecule has 0 aliphatic carbocycles. The molecule has 0 fully saturated rings. The van der Waals surface area contributed by atoms with Gasteiger partial charge in [-0.2, -0.15) is 0 Å². The summed E-state index contributed by atoms with van der Waals surface area (Å²) < 4.78 is 0. The van der Waals surface area contributed by atoms with Gasteiger partial charge < -0.3 is 20.0 Å². The van der Waals surface area contributed by atoms with Crippen LogP contribution in [0.25, 0.3) is 97.3 Å². The Kier molecular flexibility index (Phi) is 9.48. The molecule has 14 aromatic rings. The van der Waals surface area contributed by atoms with Gasteiger partial charge in [0, 0.05) is 21.5 Å². The quantitative estimate of drug-likeness (QED) is 0.156. The van der Waals surface area contributed by atoms with Crippen molar-refractivity contribution >= 4 is 120 Å². The Morgan fingerprint density at radius 1 is 0.194 bits per heavy atom. The molecule has 0 unspecified atom stereocenters. The van der Waals surface area contributed by atoms with Gasteiger partial charge in [0.15, 0.2) is 0 Å². The van der Waals surface area contributed by atoms with Crippen LogP contribution in [0.4, 0.5) is 34.1 Å². The molecule has 0 aliphatic rings. The average molecular weight is 921 g/mol. The van der Waals surface area contributed by atoms with Crippen molar-refractivity contribution in [3.8, 4) is 22.6 Å². The fourth-order valence-electron chi connectivity index (χ4n) is 11.1. The summed E-state index contributed by atoms with van der Waals surface area (Å²) in [6, 6.07) is 89.1. The van der Waals surface area contributed by atoms with Gasteiger partial charge in [0.2, 0.25) is 0 Å². The van der Waals surface area contributed by atoms with E-state index in [1.165, 1.54) is 21.5 Å². The van der Waals surface area contributed by atoms with Gasteiger partial charge >= 0.3 is 0 Å². The van der Waals surface area contributed by atoms with Gasteiger partial charge in [-0.25, -0.2) is 0 Å². The molecular weight excluding hydrogens is 877 g/mol. The van der Waals surface area contributed by atoms with E-state index in [4.69, 9.17) is 0 Å². The van der Waals surface area contributed by atoms with Gasteiger partial charge in [-0.1, -0.05) is 158 Å². The number of anilines is 6. The first kappa shape index (κ1) is 41.3. The number of aromatic hydroxyl groups is 2. The molecule has 0 spiro atoms. The average Bonchev–Trinajstić information content (AvgIpc) is 3.42. The van der Waals surface area contributed by atoms with Gasteiger partial charge in [-0.15, -0.1) is 0 Å². The van der Waals surface area contributed by atoms with E-state index in [0.717, 1.165) is 98.5 Å². The largest absolute Gasteiger partial charge is 0.506 e. The van der Waals surface area contributed by atoms with Crippen molar-refractivity contribution in [2.24, 2.45) is 0 Å². The molecule has 0 aliphatic heterocycles. The Morgan fingerprint density at radius 2 is 0.431 bits per heavy atom. The van der Waals surface area contributed by atoms with E-state index in [1.54, 1.807) is 0 Å². The fraction of sp³-hybridized carbons (Fsp3) is 0. The summed E-state index contributed by atoms with van der Waals surface area (Å²) in [5.74, 6) is 0.221. The van der Waals surface area contributed by atoms with E-state index in [1.807, 2.05) is 36.4 Å². The Morgan fingerprint density at radius 3 is 0.681 bits per heavy atom. The lowest BCUT2D eigenvalue weighted by Gasteiger charge is -2.29. The zero-order valence-corrected chi connectivity index (χ0v) is 39.0. The van der Waals surface area contributed by atoms with Crippen molar-refractivity contribution in [3.05, 3.63) is 255 Å². The molecule has 0 radical (unpaired) electrons. The second-order valence-corrected chi connectivity index (χ2v) is 18.9. The van der Waals surface area contributed by atoms with Gasteiger partial charge in [0.25, 0.3) is 0 Å². The second-order valence-electron chi connectivity index (χ2n) is 18.9. The predicted octanol–water partition coefficient (Wildman–Crippen LogP) is 18.9. The lowest BCUT2D eigenvalue weighted by Crippen LogP contribution is -2.12. The molecular formula is C68H44N2O2. The third kappa shape index (κ3) is 6.84. The highest BCUT2D eigenvalue weighted by molar-refractivity contribution is 6.13. The maximum atomic E-state index is 12.5. The van der Waals surface area contributed by atoms with Crippen LogP contribution in [-0.2, 0) is 0 Å². The van der Waals surface area contributed by atoms with Gasteiger partial charge in [0.1, 0.15) is 11.5 Å². The molecule has 338 valence electrons. The van der Waals surface area contributed by atoms with Gasteiger partial charge in [-0.05, 0) is 173 Å². The Balaban J connectivity index is 0.930. The molecule has 0 saturated carbocycles. The molecule has 14 rings (SSSR count). The van der Waals surface area contributed by atoms with Crippen LogP contribution < -0.4 is 9.80 Å². The van der Waals surface area contributed by atoms with Crippen LogP contribution in [0, 0.1) is 0 Å². The molecule has 0 aromatic heterocycles. The van der Waals surface area contributed by atoms with Gasteiger partial charge in [-0.3, -0.25) is 0 Å². The van der Waals surface area contributed by atoms with E-state index in [9.17, 15) is 10.2 Å². The van der Waals surface area contributed by atoms with Crippen LogP contribution in [-0.4, -0.2) is 10.2 Å². The van der Waals surface area contributed by atoms with Crippen molar-refractivity contribution in [1.29, 1.82) is 0 Å². The topological polar surface area (TPSA) is 46.9 Å². The molecule has 2 N–H and O–H groups in total. The summed E-state index contributed by atoms with van der Waals surface area (Å²) in [5.41, 5.74) is 6.62. The molecule has 0 atom stereocenters. The number of benzene rings is 14. The third-order valence-electron chi connectivity index (χ3n) is 14.6. The first-order valence-corrected chi connectivity index (χ1v) is 24.4. The summed E-state index contributed by atoms with van der Waals surface area (Å²) in [6.45, 7) is 0. The van der Waals surface area contributed by atoms with Crippen molar-refractivity contribution in [2.75, 3.05) is 9.80 Å². The maximum absolute atomic E-state index is 12.5. The Hall–Kier alpha value is -9.64. The second kappa shape index (κ2) is 16.5. The molecule has 0 bridgehead atoms. The SMILES string of the molecule is Oc1cc(-c2ccc(N(c3cccc4cc5ccccc5cc34)c3cccc4cc5ccccc5cc34)c(O)c2)ccc1N(c1cccc2cc3ccccc3cc12)c1cccc2cc3ccccc3cc12. The van der Waals surface area contributed by atoms with E-state index in [0.29, 0.717) is 11.4 Å². The van der Waals surface area contributed by atoms with Crippen LogP contribution in [0.5, 0.6) is 11.5 Å². The number of nitrogens with zero attached hydrogens (tertiary/aromatic N) is 2. The summed E-state index contributed by atoms with van der Waals surface area (Å²) in [4.78, 5) is 4.40. The molecule has 0 heterocycles. The normalized spacial score (nSPS) is 11.7. The molecule has 0 amide bonds. The van der Waals surface area contributed by atoms with Crippen molar-refractivity contribution < 1.29 is 10.2 Å². The first-order valence-electron chi connectivity index (χ1n) is 24.4. The van der Waals surface area contributed by atoms with E-state index < -0.39 is 0 Å². The fourth-order valence-corrected chi connectivity index (χ4v) is 11.1. The Labute approximate surface area is 415 Å². The predicted molar refractivity (Wildman–Crippen MR) is 305 cm³/mol. The summed E-state index contributed by atoms with van der Waals surface area (Å²) in [7, 11) is 0. The first-order chi connectivity index (χ1) is 35.5. The standard InChI is InChI=1S/C68H44N2O2/c71-67-41-51(29-31-65(67)69(61-25-9-21-53-33-43-13-1-5-17-47(43)37-57(53)61)62-26-10-22-54-34-44-14-2-6-18-48(44)38-58(54)62)52-30-32-66(68(72)42-52)70(63-27-11-23-55-35-45-15-3-7-19-49(45)39-59(55)63)64-28-12-24-56-36-46-16-4-8-20-50(46)40-60(56)64/h1-42,71-72H. The maximum Gasteiger partial charge on any atom is 0.140 e. The molecule has 4 nitrogen and oxygen atoms in total. The minimum Gasteiger partial charge on any atom is -0.506 e. The van der Waals surface area contributed by atoms with Crippen LogP contribution in [0.15, 0.2) is 255 Å². The minimum atomic E-state index is 0.110. The number of phenolic OH excluding ortho intramolecular Hbond substituents is 2. The highest BCUT2D eigenvalue weighted by Gasteiger charge is 2.24. The van der Waals surface area contributed by atoms with Crippen LogP contribution >= 0.6 is 0 Å². The highest BCUT2D eigenvalue weighted by Crippen LogP contribution is 2.50. The molecule has 0 saturated heterocycles. The van der Waals surface area contributed by atoms with E-state index >= 15 is 0 Å². The number of rotatable bonds is 7. The molecule has 72 heavy (non-hydrogen) atoms. The number of phenols is 2. The lowest BCUT2D eigenvalue weighted by molar-refractivity contribution is 0.475. The molecule has 14 aromatic carbocycles. The number of hydrogen-bond acceptors (Lipinski definition) is 4. The zero-order valence-electron chi connectivity index (χ0n) is 39.0. The van der Waals surface area contributed by atoms with Crippen molar-refractivity contribution in [3.63, 3.8) is 0 Å². The lowest BCUT2D eigenvalue weighted by atomic mass is 9.97. The van der Waals surface area contributed by atoms with Crippen molar-refractivity contribution in [2.45, 2.75) is 0 Å². The van der Waals surface area contributed by atoms with Crippen molar-refractivity contribution in [1.82, 2.24) is 0 Å². The van der Waals surface area contributed by atoms with E-state index in [-0.39, 0.29) is 11.5 Å². The van der Waals surface area contributed by atoms with Crippen LogP contribution in [0.3, 0.4) is 0 Å². The summed E-state index contributed by atoms with van der Waals surface area (Å²) in [5, 5.41) is 42.9. The minimum absolute atomic E-state index is 0.110. The highest BCUT2D eigenvalue weighted by atomic mass is 16.3. The van der Waals surface area contributed by atoms with Gasteiger partial charge in [0.05, 0.1) is 34.1 Å². The van der Waals surface area contributed by atoms with Crippen LogP contribution in [0.1, 0.15) is 0 Å². The summed E-state index contributed by atoms with van der Waals surface area (Å²) >= 11 is 0. The zero-order chi connectivity index (χ0) is 47.9. The number of hydrogen-bond donors (Lipinski definition) is 2. The smallest absolute Gasteiger partial charge is 0.140 e. The van der Waals surface area contributed by atoms with E-state index in [2.05, 4.69) is 228 Å². The summed E-state index contributed by atoms with van der Waals surface area (Å²) in [6.07, 6.45) is 0. The third-order valence-corrected chi connectivity index (χ3v) is 14.6. The van der Waals surface area contributed by atoms with Crippen LogP contribution in [0.2, 0.25) is 0 Å². The monoisotopic (exact) mass is 920 g/mol.